The van der Waals surface area contributed by atoms with Gasteiger partial charge in [0.25, 0.3) is 0 Å². The number of hydrogen-bond acceptors (Lipinski definition) is 7. The van der Waals surface area contributed by atoms with Gasteiger partial charge < -0.3 is 9.84 Å². The molecule has 0 radical (unpaired) electrons. The molecular weight excluding hydrogens is 338 g/mol. The first kappa shape index (κ1) is 16.7. The summed E-state index contributed by atoms with van der Waals surface area (Å²) in [5.74, 6) is -0.243. The summed E-state index contributed by atoms with van der Waals surface area (Å²) >= 11 is 1.17. The number of methoxy groups -OCH3 is 1. The zero-order valence-electron chi connectivity index (χ0n) is 13.3. The van der Waals surface area contributed by atoms with Crippen LogP contribution in [0.25, 0.3) is 11.3 Å². The molecule has 0 amide bonds. The first-order chi connectivity index (χ1) is 12.2. The van der Waals surface area contributed by atoms with Crippen LogP contribution in [0.15, 0.2) is 59.7 Å². The maximum Gasteiger partial charge on any atom is 0.350 e. The molecule has 0 saturated heterocycles. The number of benzene rings is 2. The van der Waals surface area contributed by atoms with Crippen molar-refractivity contribution in [3.63, 3.8) is 0 Å². The van der Waals surface area contributed by atoms with Crippen LogP contribution in [0.5, 0.6) is 5.75 Å². The van der Waals surface area contributed by atoms with E-state index < -0.39 is 5.97 Å². The fraction of sp³-hybridized carbons (Fsp3) is 0.0556. The van der Waals surface area contributed by atoms with Gasteiger partial charge in [-0.1, -0.05) is 41.7 Å². The number of hydrogen-bond donors (Lipinski definition) is 2. The van der Waals surface area contributed by atoms with Crippen molar-refractivity contribution in [2.24, 2.45) is 5.10 Å². The molecule has 6 nitrogen and oxygen atoms in total. The van der Waals surface area contributed by atoms with Crippen molar-refractivity contribution in [2.45, 2.75) is 0 Å². The Bertz CT molecular complexity index is 890. The predicted octanol–water partition coefficient (Wildman–Crippen LogP) is 3.75. The van der Waals surface area contributed by atoms with Gasteiger partial charge in [0.1, 0.15) is 10.6 Å². The van der Waals surface area contributed by atoms with E-state index >= 15 is 0 Å². The molecule has 2 aromatic carbocycles. The van der Waals surface area contributed by atoms with Crippen LogP contribution in [0.4, 0.5) is 5.13 Å². The molecule has 126 valence electrons. The van der Waals surface area contributed by atoms with Gasteiger partial charge >= 0.3 is 5.97 Å². The van der Waals surface area contributed by atoms with E-state index in [-0.39, 0.29) is 5.75 Å². The van der Waals surface area contributed by atoms with Gasteiger partial charge in [0, 0.05) is 5.56 Å². The van der Waals surface area contributed by atoms with E-state index in [9.17, 15) is 9.90 Å². The smallest absolute Gasteiger partial charge is 0.350 e. The summed E-state index contributed by atoms with van der Waals surface area (Å²) in [4.78, 5) is 16.9. The lowest BCUT2D eigenvalue weighted by Gasteiger charge is -1.99. The molecule has 0 saturated carbocycles. The summed E-state index contributed by atoms with van der Waals surface area (Å²) < 4.78 is 4.84. The summed E-state index contributed by atoms with van der Waals surface area (Å²) in [5, 5.41) is 13.9. The molecule has 1 heterocycles. The Labute approximate surface area is 148 Å². The van der Waals surface area contributed by atoms with E-state index in [1.54, 1.807) is 30.5 Å². The van der Waals surface area contributed by atoms with Crippen LogP contribution in [0, 0.1) is 0 Å². The molecule has 0 aliphatic rings. The third-order valence-electron chi connectivity index (χ3n) is 3.31. The van der Waals surface area contributed by atoms with Crippen LogP contribution in [-0.4, -0.2) is 29.4 Å². The monoisotopic (exact) mass is 353 g/mol. The minimum absolute atomic E-state index is 0.195. The van der Waals surface area contributed by atoms with Crippen molar-refractivity contribution < 1.29 is 14.6 Å². The van der Waals surface area contributed by atoms with E-state index in [4.69, 9.17) is 4.74 Å². The number of hydrazone groups is 1. The van der Waals surface area contributed by atoms with Crippen LogP contribution in [0.1, 0.15) is 15.2 Å². The molecule has 3 aromatic rings. The van der Waals surface area contributed by atoms with Gasteiger partial charge in [-0.25, -0.2) is 9.78 Å². The first-order valence-corrected chi connectivity index (χ1v) is 8.21. The van der Waals surface area contributed by atoms with Gasteiger partial charge in [0.15, 0.2) is 0 Å². The highest BCUT2D eigenvalue weighted by Crippen LogP contribution is 2.31. The van der Waals surface area contributed by atoms with E-state index in [1.807, 2.05) is 30.3 Å². The summed E-state index contributed by atoms with van der Waals surface area (Å²) in [7, 11) is 1.34. The fourth-order valence-electron chi connectivity index (χ4n) is 2.11. The maximum absolute atomic E-state index is 12.0. The van der Waals surface area contributed by atoms with Crippen LogP contribution >= 0.6 is 11.3 Å². The second-order valence-electron chi connectivity index (χ2n) is 5.02. The van der Waals surface area contributed by atoms with Crippen LogP contribution < -0.4 is 5.43 Å². The summed E-state index contributed by atoms with van der Waals surface area (Å²) in [6.07, 6.45) is 1.60. The van der Waals surface area contributed by atoms with Crippen molar-refractivity contribution in [3.8, 4) is 17.0 Å². The Hall–Kier alpha value is -3.19. The molecule has 1 aromatic heterocycles. The number of aromatic nitrogens is 1. The number of carbonyl (C=O) groups excluding carboxylic acids is 1. The van der Waals surface area contributed by atoms with Gasteiger partial charge in [0.2, 0.25) is 5.13 Å². The van der Waals surface area contributed by atoms with Crippen LogP contribution in [-0.2, 0) is 4.74 Å². The van der Waals surface area contributed by atoms with Gasteiger partial charge in [-0.3, -0.25) is 5.43 Å². The zero-order valence-corrected chi connectivity index (χ0v) is 14.2. The number of carbonyl (C=O) groups is 1. The highest BCUT2D eigenvalue weighted by Gasteiger charge is 2.19. The third kappa shape index (κ3) is 4.02. The summed E-state index contributed by atoms with van der Waals surface area (Å²) in [5.41, 5.74) is 5.03. The lowest BCUT2D eigenvalue weighted by molar-refractivity contribution is 0.0607. The molecule has 0 fully saturated rings. The number of phenols is 1. The first-order valence-electron chi connectivity index (χ1n) is 7.40. The second kappa shape index (κ2) is 7.59. The minimum atomic E-state index is -0.438. The topological polar surface area (TPSA) is 83.8 Å². The third-order valence-corrected chi connectivity index (χ3v) is 4.25. The highest BCUT2D eigenvalue weighted by atomic mass is 32.1. The van der Waals surface area contributed by atoms with E-state index in [1.165, 1.54) is 18.4 Å². The quantitative estimate of drug-likeness (QED) is 0.415. The average molecular weight is 353 g/mol. The number of phenolic OH excluding ortho intramolecular Hbond substituents is 1. The highest BCUT2D eigenvalue weighted by molar-refractivity contribution is 7.17. The normalized spacial score (nSPS) is 10.8. The van der Waals surface area contributed by atoms with Gasteiger partial charge in [-0.15, -0.1) is 0 Å². The van der Waals surface area contributed by atoms with Crippen molar-refractivity contribution in [1.29, 1.82) is 0 Å². The van der Waals surface area contributed by atoms with Crippen molar-refractivity contribution in [3.05, 3.63) is 65.0 Å². The Morgan fingerprint density at radius 3 is 2.60 bits per heavy atom. The summed E-state index contributed by atoms with van der Waals surface area (Å²) in [6.45, 7) is 0. The Kier molecular flexibility index (Phi) is 5.06. The lowest BCUT2D eigenvalue weighted by Crippen LogP contribution is -2.00. The Balaban J connectivity index is 1.83. The number of esters is 1. The Morgan fingerprint density at radius 2 is 1.92 bits per heavy atom. The molecule has 0 aliphatic carbocycles. The number of thiazole rings is 1. The maximum atomic E-state index is 12.0. The average Bonchev–Trinajstić information content (AvgIpc) is 3.08. The SMILES string of the molecule is COC(=O)c1sc(N/N=C\c2ccc(O)cc2)nc1-c1ccccc1. The molecule has 7 heteroatoms. The standard InChI is InChI=1S/C18H15N3O3S/c1-24-17(23)16-15(13-5-3-2-4-6-13)20-18(25-16)21-19-11-12-7-9-14(22)10-8-12/h2-11,22H,1H3,(H,20,21)/b19-11-. The molecule has 3 rings (SSSR count). The number of nitrogens with one attached hydrogen (secondary N) is 1. The number of anilines is 1. The van der Waals surface area contributed by atoms with Crippen LogP contribution in [0.3, 0.4) is 0 Å². The molecule has 0 aliphatic heterocycles. The molecular formula is C18H15N3O3S. The number of ether oxygens (including phenoxy) is 1. The molecule has 25 heavy (non-hydrogen) atoms. The van der Waals surface area contributed by atoms with Gasteiger partial charge in [0.05, 0.1) is 19.0 Å². The number of rotatable bonds is 5. The molecule has 0 bridgehead atoms. The van der Waals surface area contributed by atoms with Gasteiger partial charge in [-0.2, -0.15) is 5.10 Å². The summed E-state index contributed by atoms with van der Waals surface area (Å²) in [6, 6.07) is 16.0. The van der Waals surface area contributed by atoms with Crippen molar-refractivity contribution >= 4 is 28.7 Å². The van der Waals surface area contributed by atoms with E-state index in [0.717, 1.165) is 11.1 Å². The Morgan fingerprint density at radius 1 is 1.20 bits per heavy atom. The molecule has 2 N–H and O–H groups in total. The van der Waals surface area contributed by atoms with Crippen LogP contribution in [0.2, 0.25) is 0 Å². The zero-order chi connectivity index (χ0) is 17.6. The van der Waals surface area contributed by atoms with Gasteiger partial charge in [-0.05, 0) is 29.8 Å². The molecule has 0 atom stereocenters. The number of aromatic hydroxyl groups is 1. The second-order valence-corrected chi connectivity index (χ2v) is 6.01. The molecule has 0 unspecified atom stereocenters. The van der Waals surface area contributed by atoms with Crippen molar-refractivity contribution in [2.75, 3.05) is 12.5 Å². The van der Waals surface area contributed by atoms with Crippen molar-refractivity contribution in [1.82, 2.24) is 4.98 Å². The lowest BCUT2D eigenvalue weighted by atomic mass is 10.1. The minimum Gasteiger partial charge on any atom is -0.508 e. The van der Waals surface area contributed by atoms with E-state index in [2.05, 4.69) is 15.5 Å². The number of nitrogens with zero attached hydrogens (tertiary/aromatic N) is 2. The fourth-order valence-corrected chi connectivity index (χ4v) is 2.97. The van der Waals surface area contributed by atoms with E-state index in [0.29, 0.717) is 15.7 Å². The largest absolute Gasteiger partial charge is 0.508 e. The molecule has 0 spiro atoms. The predicted molar refractivity (Wildman–Crippen MR) is 98.2 cm³/mol.